The second kappa shape index (κ2) is 2.59. The summed E-state index contributed by atoms with van der Waals surface area (Å²) in [5.41, 5.74) is -0.607. The third-order valence-electron chi connectivity index (χ3n) is 3.90. The predicted octanol–water partition coefficient (Wildman–Crippen LogP) is 1.00. The van der Waals surface area contributed by atoms with Crippen molar-refractivity contribution in [2.75, 3.05) is 0 Å². The topological polar surface area (TPSA) is 72.4 Å². The van der Waals surface area contributed by atoms with Gasteiger partial charge < -0.3 is 9.63 Å². The van der Waals surface area contributed by atoms with Crippen LogP contribution in [-0.2, 0) is 11.3 Å². The quantitative estimate of drug-likeness (QED) is 0.829. The average molecular weight is 223 g/mol. The minimum atomic E-state index is -0.697. The Bertz CT molecular complexity index is 505. The van der Waals surface area contributed by atoms with Crippen molar-refractivity contribution in [3.8, 4) is 0 Å². The van der Waals surface area contributed by atoms with Crippen LogP contribution in [0.25, 0.3) is 0 Å². The van der Waals surface area contributed by atoms with Gasteiger partial charge in [-0.1, -0.05) is 0 Å². The van der Waals surface area contributed by atoms with E-state index in [-0.39, 0.29) is 11.0 Å². The van der Waals surface area contributed by atoms with E-state index in [0.29, 0.717) is 31.6 Å². The fraction of sp³-hybridized carbons (Fsp3) is 0.636. The smallest absolute Gasteiger partial charge is 0.309 e. The molecule has 16 heavy (non-hydrogen) atoms. The number of carboxylic acid groups (broad SMARTS) is 1. The molecule has 3 saturated carbocycles. The Hall–Kier alpha value is -1.52. The first-order chi connectivity index (χ1) is 7.45. The number of carboxylic acids is 1. The van der Waals surface area contributed by atoms with E-state index in [1.807, 2.05) is 0 Å². The molecule has 5 heteroatoms. The fourth-order valence-corrected chi connectivity index (χ4v) is 3.30. The van der Waals surface area contributed by atoms with Gasteiger partial charge in [0, 0.05) is 6.07 Å². The van der Waals surface area contributed by atoms with Gasteiger partial charge in [-0.25, -0.2) is 0 Å². The molecule has 1 aromatic rings. The largest absolute Gasteiger partial charge is 0.481 e. The normalized spacial score (nSPS) is 35.3. The van der Waals surface area contributed by atoms with E-state index in [2.05, 4.69) is 0 Å². The first-order valence-corrected chi connectivity index (χ1v) is 5.36. The van der Waals surface area contributed by atoms with Crippen molar-refractivity contribution in [3.05, 3.63) is 22.2 Å². The van der Waals surface area contributed by atoms with Crippen molar-refractivity contribution in [3.63, 3.8) is 0 Å². The average Bonchev–Trinajstić information content (AvgIpc) is 2.34. The number of carbonyl (C=O) groups is 1. The number of hydrogen-bond donors (Lipinski definition) is 1. The highest BCUT2D eigenvalue weighted by Crippen LogP contribution is 2.73. The SMILES string of the molecule is Cc1cc(=O)n(CC23CC(C(=O)O)(C2)C3)o1. The van der Waals surface area contributed by atoms with Crippen LogP contribution in [0.4, 0.5) is 0 Å². The predicted molar refractivity (Wildman–Crippen MR) is 54.1 cm³/mol. The van der Waals surface area contributed by atoms with Gasteiger partial charge in [0.1, 0.15) is 5.76 Å². The van der Waals surface area contributed by atoms with Crippen LogP contribution in [0, 0.1) is 17.8 Å². The van der Waals surface area contributed by atoms with Crippen molar-refractivity contribution >= 4 is 5.97 Å². The summed E-state index contributed by atoms with van der Waals surface area (Å²) >= 11 is 0. The Morgan fingerprint density at radius 2 is 2.19 bits per heavy atom. The van der Waals surface area contributed by atoms with E-state index < -0.39 is 11.4 Å². The summed E-state index contributed by atoms with van der Waals surface area (Å²) in [5.74, 6) is -0.0955. The Kier molecular flexibility index (Phi) is 1.57. The highest BCUT2D eigenvalue weighted by atomic mass is 16.5. The molecule has 1 aromatic heterocycles. The standard InChI is InChI=1S/C11H13NO4/c1-7-2-8(13)12(16-7)6-10-3-11(4-10,5-10)9(14)15/h2H,3-6H2,1H3,(H,14,15). The molecule has 5 nitrogen and oxygen atoms in total. The molecule has 3 aliphatic rings. The van der Waals surface area contributed by atoms with E-state index in [0.717, 1.165) is 0 Å². The number of aromatic nitrogens is 1. The molecule has 0 unspecified atom stereocenters. The molecule has 0 atom stereocenters. The summed E-state index contributed by atoms with van der Waals surface area (Å²) in [6.07, 6.45) is 2.05. The molecule has 0 aliphatic heterocycles. The second-order valence-corrected chi connectivity index (χ2v) is 5.34. The van der Waals surface area contributed by atoms with Gasteiger partial charge in [-0.3, -0.25) is 9.59 Å². The van der Waals surface area contributed by atoms with Gasteiger partial charge in [-0.05, 0) is 31.6 Å². The lowest BCUT2D eigenvalue weighted by Gasteiger charge is -2.67. The molecule has 3 fully saturated rings. The Labute approximate surface area is 91.6 Å². The van der Waals surface area contributed by atoms with E-state index in [4.69, 9.17) is 9.63 Å². The van der Waals surface area contributed by atoms with E-state index in [1.54, 1.807) is 6.92 Å². The van der Waals surface area contributed by atoms with Crippen molar-refractivity contribution < 1.29 is 14.4 Å². The molecular weight excluding hydrogens is 210 g/mol. The van der Waals surface area contributed by atoms with Gasteiger partial charge in [-0.2, -0.15) is 4.74 Å². The van der Waals surface area contributed by atoms with Gasteiger partial charge in [0.15, 0.2) is 0 Å². The molecule has 0 radical (unpaired) electrons. The van der Waals surface area contributed by atoms with Crippen LogP contribution in [0.1, 0.15) is 25.0 Å². The summed E-state index contributed by atoms with van der Waals surface area (Å²) in [5, 5.41) is 8.98. The highest BCUT2D eigenvalue weighted by molar-refractivity contribution is 5.79. The van der Waals surface area contributed by atoms with Crippen molar-refractivity contribution in [1.82, 2.24) is 4.74 Å². The van der Waals surface area contributed by atoms with Gasteiger partial charge in [0.2, 0.25) is 0 Å². The minimum absolute atomic E-state index is 0.00646. The molecule has 2 bridgehead atoms. The third-order valence-corrected chi connectivity index (χ3v) is 3.90. The summed E-state index contributed by atoms with van der Waals surface area (Å²) in [6, 6.07) is 1.46. The van der Waals surface area contributed by atoms with Crippen LogP contribution in [0.15, 0.2) is 15.4 Å². The first-order valence-electron chi connectivity index (χ1n) is 5.36. The number of nitrogens with zero attached hydrogens (tertiary/aromatic N) is 1. The van der Waals surface area contributed by atoms with Crippen LogP contribution in [-0.4, -0.2) is 15.8 Å². The lowest BCUT2D eigenvalue weighted by molar-refractivity contribution is -0.231. The maximum atomic E-state index is 11.4. The number of aryl methyl sites for hydroxylation is 1. The number of hydrogen-bond acceptors (Lipinski definition) is 3. The van der Waals surface area contributed by atoms with Crippen molar-refractivity contribution in [1.29, 1.82) is 0 Å². The van der Waals surface area contributed by atoms with Crippen molar-refractivity contribution in [2.45, 2.75) is 32.7 Å². The van der Waals surface area contributed by atoms with E-state index in [9.17, 15) is 9.59 Å². The van der Waals surface area contributed by atoms with Gasteiger partial charge in [-0.15, -0.1) is 0 Å². The molecule has 0 amide bonds. The first kappa shape index (κ1) is 9.69. The highest BCUT2D eigenvalue weighted by Gasteiger charge is 2.72. The molecule has 3 aliphatic carbocycles. The van der Waals surface area contributed by atoms with Crippen LogP contribution >= 0.6 is 0 Å². The molecule has 1 heterocycles. The van der Waals surface area contributed by atoms with Gasteiger partial charge >= 0.3 is 5.97 Å². The zero-order valence-corrected chi connectivity index (χ0v) is 9.02. The van der Waals surface area contributed by atoms with Crippen molar-refractivity contribution in [2.24, 2.45) is 10.8 Å². The number of aliphatic carboxylic acids is 1. The third kappa shape index (κ3) is 1.06. The zero-order valence-electron chi connectivity index (χ0n) is 9.02. The fourth-order valence-electron chi connectivity index (χ4n) is 3.30. The Balaban J connectivity index is 1.74. The van der Waals surface area contributed by atoms with Crippen LogP contribution in [0.2, 0.25) is 0 Å². The molecule has 1 N–H and O–H groups in total. The molecular formula is C11H13NO4. The maximum absolute atomic E-state index is 11.4. The minimum Gasteiger partial charge on any atom is -0.481 e. The maximum Gasteiger partial charge on any atom is 0.309 e. The summed E-state index contributed by atoms with van der Waals surface area (Å²) < 4.78 is 6.61. The summed E-state index contributed by atoms with van der Waals surface area (Å²) in [7, 11) is 0. The molecule has 86 valence electrons. The van der Waals surface area contributed by atoms with Gasteiger partial charge in [0.25, 0.3) is 5.56 Å². The lowest BCUT2D eigenvalue weighted by Crippen LogP contribution is -2.67. The Morgan fingerprint density at radius 1 is 1.56 bits per heavy atom. The van der Waals surface area contributed by atoms with Crippen LogP contribution < -0.4 is 5.56 Å². The van der Waals surface area contributed by atoms with Crippen LogP contribution in [0.3, 0.4) is 0 Å². The van der Waals surface area contributed by atoms with Gasteiger partial charge in [0.05, 0.1) is 12.0 Å². The second-order valence-electron chi connectivity index (χ2n) is 5.34. The molecule has 0 saturated heterocycles. The monoisotopic (exact) mass is 223 g/mol. The molecule has 0 spiro atoms. The summed E-state index contributed by atoms with van der Waals surface area (Å²) in [6.45, 7) is 2.26. The van der Waals surface area contributed by atoms with E-state index >= 15 is 0 Å². The number of rotatable bonds is 3. The van der Waals surface area contributed by atoms with E-state index in [1.165, 1.54) is 10.8 Å². The Morgan fingerprint density at radius 3 is 2.62 bits per heavy atom. The molecule has 0 aromatic carbocycles. The molecule has 4 rings (SSSR count). The zero-order chi connectivity index (χ0) is 11.6. The summed E-state index contributed by atoms with van der Waals surface area (Å²) in [4.78, 5) is 22.4. The van der Waals surface area contributed by atoms with Crippen LogP contribution in [0.5, 0.6) is 0 Å². The lowest BCUT2D eigenvalue weighted by atomic mass is 9.35.